The minimum absolute atomic E-state index is 0.0753. The highest BCUT2D eigenvalue weighted by Crippen LogP contribution is 2.42. The first-order valence-corrected chi connectivity index (χ1v) is 11.3. The summed E-state index contributed by atoms with van der Waals surface area (Å²) >= 11 is 0. The molecular weight excluding hydrogens is 407 g/mol. The Hall–Kier alpha value is -2.77. The maximum absolute atomic E-state index is 13.6. The number of carbonyl (C=O) groups is 2. The molecule has 3 aliphatic heterocycles. The van der Waals surface area contributed by atoms with E-state index in [1.54, 1.807) is 12.1 Å². The van der Waals surface area contributed by atoms with Gasteiger partial charge in [-0.05, 0) is 36.9 Å². The molecule has 0 bridgehead atoms. The maximum Gasteiger partial charge on any atom is 0.253 e. The quantitative estimate of drug-likeness (QED) is 0.742. The van der Waals surface area contributed by atoms with Crippen LogP contribution in [0.1, 0.15) is 28.8 Å². The van der Waals surface area contributed by atoms with Crippen LogP contribution in [0.15, 0.2) is 54.6 Å². The maximum atomic E-state index is 13.6. The van der Waals surface area contributed by atoms with E-state index in [1.807, 2.05) is 23.1 Å². The summed E-state index contributed by atoms with van der Waals surface area (Å²) in [5.41, 5.74) is 1.26. The van der Waals surface area contributed by atoms with Crippen molar-refractivity contribution in [1.29, 1.82) is 0 Å². The Bertz CT molecular complexity index is 989. The minimum atomic E-state index is -0.363. The summed E-state index contributed by atoms with van der Waals surface area (Å²) in [7, 11) is 2.07. The monoisotopic (exact) mass is 436 g/mol. The molecule has 0 aliphatic carbocycles. The van der Waals surface area contributed by atoms with Gasteiger partial charge in [0.2, 0.25) is 5.91 Å². The highest BCUT2D eigenvalue weighted by atomic mass is 19.1. The molecule has 1 spiro atoms. The van der Waals surface area contributed by atoms with Crippen LogP contribution in [0.4, 0.5) is 4.39 Å². The Labute approximate surface area is 188 Å². The van der Waals surface area contributed by atoms with E-state index in [0.29, 0.717) is 25.2 Å². The first kappa shape index (κ1) is 21.1. The third-order valence-corrected chi connectivity index (χ3v) is 7.30. The number of benzene rings is 2. The lowest BCUT2D eigenvalue weighted by Gasteiger charge is -2.50. The second-order valence-corrected chi connectivity index (χ2v) is 9.16. The van der Waals surface area contributed by atoms with E-state index in [4.69, 9.17) is 0 Å². The van der Waals surface area contributed by atoms with Crippen molar-refractivity contribution in [2.24, 2.45) is 0 Å². The van der Waals surface area contributed by atoms with E-state index in [-0.39, 0.29) is 29.3 Å². The van der Waals surface area contributed by atoms with Gasteiger partial charge in [-0.3, -0.25) is 14.5 Å². The van der Waals surface area contributed by atoms with Gasteiger partial charge in [-0.25, -0.2) is 4.39 Å². The number of fused-ring (bicyclic) bond motifs is 2. The average Bonchev–Trinajstić information content (AvgIpc) is 3.02. The van der Waals surface area contributed by atoms with Crippen LogP contribution in [0.5, 0.6) is 0 Å². The second-order valence-electron chi connectivity index (χ2n) is 9.16. The second kappa shape index (κ2) is 8.30. The fourth-order valence-electron chi connectivity index (χ4n) is 5.56. The van der Waals surface area contributed by atoms with E-state index >= 15 is 0 Å². The predicted molar refractivity (Wildman–Crippen MR) is 119 cm³/mol. The van der Waals surface area contributed by atoms with Crippen LogP contribution in [0.25, 0.3) is 0 Å². The van der Waals surface area contributed by atoms with Gasteiger partial charge in [-0.2, -0.15) is 0 Å². The summed E-state index contributed by atoms with van der Waals surface area (Å²) in [6.07, 6.45) is 1.44. The van der Waals surface area contributed by atoms with Gasteiger partial charge in [0, 0.05) is 57.7 Å². The lowest BCUT2D eigenvalue weighted by atomic mass is 9.92. The van der Waals surface area contributed by atoms with Crippen molar-refractivity contribution < 1.29 is 14.0 Å². The molecule has 2 aromatic carbocycles. The van der Waals surface area contributed by atoms with Gasteiger partial charge >= 0.3 is 0 Å². The number of amides is 2. The molecule has 0 N–H and O–H groups in total. The molecule has 7 heteroatoms. The lowest BCUT2D eigenvalue weighted by Crippen LogP contribution is -2.63. The number of likely N-dealkylation sites (N-methyl/N-ethyl adjacent to an activating group) is 1. The van der Waals surface area contributed by atoms with Crippen molar-refractivity contribution in [3.8, 4) is 0 Å². The number of rotatable bonds is 3. The summed E-state index contributed by atoms with van der Waals surface area (Å²) < 4.78 is 13.3. The van der Waals surface area contributed by atoms with Gasteiger partial charge in [-0.15, -0.1) is 0 Å². The summed E-state index contributed by atoms with van der Waals surface area (Å²) in [6, 6.07) is 15.7. The van der Waals surface area contributed by atoms with Gasteiger partial charge in [0.25, 0.3) is 5.91 Å². The zero-order valence-electron chi connectivity index (χ0n) is 18.4. The van der Waals surface area contributed by atoms with Crippen LogP contribution in [-0.2, 0) is 11.3 Å². The Kier molecular flexibility index (Phi) is 5.47. The topological polar surface area (TPSA) is 47.1 Å². The van der Waals surface area contributed by atoms with Gasteiger partial charge in [0.05, 0.1) is 0 Å². The number of piperidine rings is 1. The van der Waals surface area contributed by atoms with Gasteiger partial charge < -0.3 is 14.7 Å². The fourth-order valence-corrected chi connectivity index (χ4v) is 5.56. The molecule has 2 amide bonds. The molecular formula is C25H29FN4O2. The van der Waals surface area contributed by atoms with E-state index in [9.17, 15) is 14.0 Å². The molecule has 0 saturated carbocycles. The van der Waals surface area contributed by atoms with Crippen LogP contribution in [0.2, 0.25) is 0 Å². The number of hydrogen-bond donors (Lipinski definition) is 0. The molecule has 2 aromatic rings. The first-order chi connectivity index (χ1) is 15.5. The number of nitrogens with zero attached hydrogens (tertiary/aromatic N) is 4. The number of likely N-dealkylation sites (tertiary alicyclic amines) is 1. The molecule has 5 rings (SSSR count). The van der Waals surface area contributed by atoms with Crippen LogP contribution < -0.4 is 0 Å². The van der Waals surface area contributed by atoms with Crippen molar-refractivity contribution in [3.05, 3.63) is 71.5 Å². The zero-order valence-corrected chi connectivity index (χ0v) is 18.4. The standard InChI is InChI=1S/C25H29FN4O2/c1-27-15-16-29-22(18-27)24(32)30(17-19-5-3-2-4-6-19)25(29)11-13-28(14-12-25)23(31)20-7-9-21(26)10-8-20/h2-10,22H,11-18H2,1H3/t22-/m1/s1. The van der Waals surface area contributed by atoms with Crippen molar-refractivity contribution in [3.63, 3.8) is 0 Å². The summed E-state index contributed by atoms with van der Waals surface area (Å²) in [4.78, 5) is 35.1. The van der Waals surface area contributed by atoms with E-state index in [0.717, 1.165) is 38.0 Å². The Morgan fingerprint density at radius 3 is 2.38 bits per heavy atom. The van der Waals surface area contributed by atoms with Crippen LogP contribution >= 0.6 is 0 Å². The number of piperazine rings is 1. The van der Waals surface area contributed by atoms with Crippen LogP contribution in [0, 0.1) is 5.82 Å². The van der Waals surface area contributed by atoms with Crippen LogP contribution in [0.3, 0.4) is 0 Å². The Balaban J connectivity index is 1.39. The Morgan fingerprint density at radius 1 is 1.00 bits per heavy atom. The molecule has 3 saturated heterocycles. The highest BCUT2D eigenvalue weighted by molar-refractivity contribution is 5.94. The first-order valence-electron chi connectivity index (χ1n) is 11.3. The SMILES string of the molecule is CN1CCN2[C@H](C1)C(=O)N(Cc1ccccc1)C21CCN(C(=O)c2ccc(F)cc2)CC1. The molecule has 0 aromatic heterocycles. The predicted octanol–water partition coefficient (Wildman–Crippen LogP) is 2.42. The van der Waals surface area contributed by atoms with Gasteiger partial charge in [0.15, 0.2) is 0 Å². The number of carbonyl (C=O) groups excluding carboxylic acids is 2. The molecule has 3 aliphatic rings. The highest BCUT2D eigenvalue weighted by Gasteiger charge is 2.58. The summed E-state index contributed by atoms with van der Waals surface area (Å²) in [6.45, 7) is 4.26. The Morgan fingerprint density at radius 2 is 1.69 bits per heavy atom. The normalized spacial score (nSPS) is 23.6. The summed E-state index contributed by atoms with van der Waals surface area (Å²) in [5.74, 6) is -0.228. The van der Waals surface area contributed by atoms with Crippen molar-refractivity contribution >= 4 is 11.8 Å². The molecule has 1 atom stereocenters. The van der Waals surface area contributed by atoms with Gasteiger partial charge in [0.1, 0.15) is 17.5 Å². The van der Waals surface area contributed by atoms with Crippen molar-refractivity contribution in [2.75, 3.05) is 39.8 Å². The number of halogens is 1. The summed E-state index contributed by atoms with van der Waals surface area (Å²) in [5, 5.41) is 0. The van der Waals surface area contributed by atoms with Crippen LogP contribution in [-0.4, -0.2) is 82.9 Å². The van der Waals surface area contributed by atoms with E-state index in [2.05, 4.69) is 33.9 Å². The molecule has 3 fully saturated rings. The molecule has 0 radical (unpaired) electrons. The third kappa shape index (κ3) is 3.59. The van der Waals surface area contributed by atoms with E-state index < -0.39 is 0 Å². The largest absolute Gasteiger partial charge is 0.338 e. The fraction of sp³-hybridized carbons (Fsp3) is 0.440. The molecule has 168 valence electrons. The van der Waals surface area contributed by atoms with Crippen molar-refractivity contribution in [1.82, 2.24) is 19.6 Å². The molecule has 32 heavy (non-hydrogen) atoms. The van der Waals surface area contributed by atoms with Crippen molar-refractivity contribution in [2.45, 2.75) is 31.1 Å². The third-order valence-electron chi connectivity index (χ3n) is 7.30. The zero-order chi connectivity index (χ0) is 22.3. The molecule has 0 unspecified atom stereocenters. The average molecular weight is 437 g/mol. The minimum Gasteiger partial charge on any atom is -0.338 e. The van der Waals surface area contributed by atoms with Gasteiger partial charge in [-0.1, -0.05) is 30.3 Å². The molecule has 3 heterocycles. The number of hydrogen-bond acceptors (Lipinski definition) is 4. The molecule has 6 nitrogen and oxygen atoms in total. The smallest absolute Gasteiger partial charge is 0.253 e. The van der Waals surface area contributed by atoms with E-state index in [1.165, 1.54) is 12.1 Å². The lowest BCUT2D eigenvalue weighted by molar-refractivity contribution is -0.134.